The van der Waals surface area contributed by atoms with Gasteiger partial charge in [0.2, 0.25) is 0 Å². The van der Waals surface area contributed by atoms with Gasteiger partial charge in [-0.3, -0.25) is 9.59 Å². The summed E-state index contributed by atoms with van der Waals surface area (Å²) in [4.78, 5) is 26.4. The molecule has 0 atom stereocenters. The second-order valence-electron chi connectivity index (χ2n) is 8.12. The Kier molecular flexibility index (Phi) is 4.79. The molecule has 0 spiro atoms. The van der Waals surface area contributed by atoms with E-state index in [1.807, 2.05) is 30.3 Å². The summed E-state index contributed by atoms with van der Waals surface area (Å²) in [7, 11) is 0. The van der Waals surface area contributed by atoms with Crippen molar-refractivity contribution in [1.82, 2.24) is 4.57 Å². The van der Waals surface area contributed by atoms with Gasteiger partial charge in [0.15, 0.2) is 0 Å². The molecule has 5 rings (SSSR count). The van der Waals surface area contributed by atoms with Crippen LogP contribution in [0.5, 0.6) is 0 Å². The van der Waals surface area contributed by atoms with Crippen LogP contribution in [0.2, 0.25) is 0 Å². The van der Waals surface area contributed by atoms with Crippen LogP contribution in [0.25, 0.3) is 10.9 Å². The summed E-state index contributed by atoms with van der Waals surface area (Å²) in [6.45, 7) is 0.542. The van der Waals surface area contributed by atoms with Crippen LogP contribution in [-0.2, 0) is 19.4 Å². The lowest BCUT2D eigenvalue weighted by Crippen LogP contribution is -2.31. The summed E-state index contributed by atoms with van der Waals surface area (Å²) >= 11 is 0. The first-order valence-corrected chi connectivity index (χ1v) is 10.5. The second kappa shape index (κ2) is 7.76. The highest BCUT2D eigenvalue weighted by molar-refractivity contribution is 6.06. The molecule has 0 unspecified atom stereocenters. The fraction of sp³-hybridized carbons (Fsp3) is 0.154. The maximum Gasteiger partial charge on any atom is 0.263 e. The zero-order valence-electron chi connectivity index (χ0n) is 17.0. The van der Waals surface area contributed by atoms with Crippen LogP contribution in [0, 0.1) is 5.92 Å². The molecule has 5 nitrogen and oxygen atoms in total. The van der Waals surface area contributed by atoms with Crippen LogP contribution in [0.4, 0.5) is 11.4 Å². The Balaban J connectivity index is 1.55. The molecule has 31 heavy (non-hydrogen) atoms. The zero-order chi connectivity index (χ0) is 21.4. The number of para-hydroxylation sites is 1. The second-order valence-corrected chi connectivity index (χ2v) is 8.12. The van der Waals surface area contributed by atoms with Gasteiger partial charge in [-0.1, -0.05) is 48.5 Å². The van der Waals surface area contributed by atoms with Gasteiger partial charge in [0, 0.05) is 23.3 Å². The molecule has 4 aromatic rings. The molecule has 1 aliphatic rings. The van der Waals surface area contributed by atoms with Gasteiger partial charge in [0.05, 0.1) is 5.52 Å². The number of hydrogen-bond acceptors (Lipinski definition) is 3. The Bertz CT molecular complexity index is 1320. The van der Waals surface area contributed by atoms with E-state index in [0.717, 1.165) is 23.7 Å². The quantitative estimate of drug-likeness (QED) is 0.495. The smallest absolute Gasteiger partial charge is 0.263 e. The van der Waals surface area contributed by atoms with Crippen molar-refractivity contribution in [3.8, 4) is 0 Å². The topological polar surface area (TPSA) is 77.1 Å². The third-order valence-electron chi connectivity index (χ3n) is 6.02. The van der Waals surface area contributed by atoms with E-state index >= 15 is 0 Å². The molecule has 0 saturated carbocycles. The van der Waals surface area contributed by atoms with Crippen molar-refractivity contribution < 1.29 is 4.79 Å². The Morgan fingerprint density at radius 2 is 1.61 bits per heavy atom. The van der Waals surface area contributed by atoms with Crippen molar-refractivity contribution in [2.75, 3.05) is 11.1 Å². The van der Waals surface area contributed by atoms with E-state index < -0.39 is 5.91 Å². The predicted molar refractivity (Wildman–Crippen MR) is 124 cm³/mol. The molecule has 5 heteroatoms. The number of nitrogens with zero attached hydrogens (tertiary/aromatic N) is 1. The number of hydrogen-bond donors (Lipinski definition) is 2. The predicted octanol–water partition coefficient (Wildman–Crippen LogP) is 4.25. The van der Waals surface area contributed by atoms with Crippen molar-refractivity contribution in [3.05, 3.63) is 106 Å². The van der Waals surface area contributed by atoms with Crippen LogP contribution in [0.3, 0.4) is 0 Å². The van der Waals surface area contributed by atoms with Crippen molar-refractivity contribution in [1.29, 1.82) is 0 Å². The molecule has 3 aromatic carbocycles. The van der Waals surface area contributed by atoms with Crippen molar-refractivity contribution in [3.63, 3.8) is 0 Å². The van der Waals surface area contributed by atoms with Gasteiger partial charge in [-0.05, 0) is 60.2 Å². The first-order chi connectivity index (χ1) is 15.1. The zero-order valence-corrected chi connectivity index (χ0v) is 17.0. The number of fused-ring (bicyclic) bond motifs is 2. The molecular weight excluding hydrogens is 386 g/mol. The van der Waals surface area contributed by atoms with E-state index in [0.29, 0.717) is 23.8 Å². The fourth-order valence-electron chi connectivity index (χ4n) is 4.52. The Labute approximate surface area is 180 Å². The van der Waals surface area contributed by atoms with Crippen LogP contribution in [-0.4, -0.2) is 10.5 Å². The number of aromatic nitrogens is 1. The highest BCUT2D eigenvalue weighted by Crippen LogP contribution is 2.29. The molecule has 154 valence electrons. The van der Waals surface area contributed by atoms with E-state index in [1.165, 1.54) is 11.1 Å². The Hall–Kier alpha value is -3.86. The number of nitrogens with two attached hydrogens (primary N) is 1. The molecular formula is C26H23N3O2. The number of rotatable bonds is 4. The molecule has 0 bridgehead atoms. The molecule has 1 aliphatic carbocycles. The first kappa shape index (κ1) is 19.1. The van der Waals surface area contributed by atoms with E-state index in [2.05, 4.69) is 29.6 Å². The lowest BCUT2D eigenvalue weighted by molar-refractivity contribution is 0.102. The largest absolute Gasteiger partial charge is 0.398 e. The minimum Gasteiger partial charge on any atom is -0.398 e. The highest BCUT2D eigenvalue weighted by atomic mass is 16.2. The summed E-state index contributed by atoms with van der Waals surface area (Å²) in [5.74, 6) is -0.128. The van der Waals surface area contributed by atoms with Gasteiger partial charge < -0.3 is 15.6 Å². The molecule has 3 N–H and O–H groups in total. The number of pyridine rings is 1. The number of nitrogens with one attached hydrogen (secondary N) is 1. The van der Waals surface area contributed by atoms with Gasteiger partial charge in [-0.15, -0.1) is 0 Å². The monoisotopic (exact) mass is 409 g/mol. The fourth-order valence-corrected chi connectivity index (χ4v) is 4.52. The molecule has 1 aromatic heterocycles. The molecule has 0 saturated heterocycles. The number of carbonyl (C=O) groups excluding carboxylic acids is 1. The highest BCUT2D eigenvalue weighted by Gasteiger charge is 2.24. The van der Waals surface area contributed by atoms with Crippen molar-refractivity contribution in [2.24, 2.45) is 5.92 Å². The number of amides is 1. The van der Waals surface area contributed by atoms with Gasteiger partial charge in [-0.25, -0.2) is 0 Å². The molecule has 0 fully saturated rings. The SMILES string of the molecule is Nc1cccc2c1cc(C(=O)Nc1ccccc1)c(=O)n2CC1Cc2ccccc2C1. The van der Waals surface area contributed by atoms with Crippen molar-refractivity contribution in [2.45, 2.75) is 19.4 Å². The van der Waals surface area contributed by atoms with E-state index in [4.69, 9.17) is 5.73 Å². The van der Waals surface area contributed by atoms with Crippen LogP contribution >= 0.6 is 0 Å². The summed E-state index contributed by atoms with van der Waals surface area (Å²) in [5.41, 5.74) is 10.7. The summed E-state index contributed by atoms with van der Waals surface area (Å²) in [6.07, 6.45) is 1.85. The maximum atomic E-state index is 13.4. The van der Waals surface area contributed by atoms with Gasteiger partial charge in [0.1, 0.15) is 5.56 Å². The van der Waals surface area contributed by atoms with E-state index in [9.17, 15) is 9.59 Å². The van der Waals surface area contributed by atoms with E-state index in [-0.39, 0.29) is 11.1 Å². The van der Waals surface area contributed by atoms with Gasteiger partial charge >= 0.3 is 0 Å². The Morgan fingerprint density at radius 3 is 2.32 bits per heavy atom. The minimum absolute atomic E-state index is 0.102. The summed E-state index contributed by atoms with van der Waals surface area (Å²) in [6, 6.07) is 24.7. The summed E-state index contributed by atoms with van der Waals surface area (Å²) in [5, 5.41) is 3.54. The molecule has 1 amide bonds. The van der Waals surface area contributed by atoms with Crippen molar-refractivity contribution >= 4 is 28.2 Å². The third-order valence-corrected chi connectivity index (χ3v) is 6.02. The average Bonchev–Trinajstić information content (AvgIpc) is 3.19. The van der Waals surface area contributed by atoms with Crippen LogP contribution < -0.4 is 16.6 Å². The number of carbonyl (C=O) groups is 1. The standard InChI is InChI=1S/C26H23N3O2/c27-23-11-6-12-24-21(23)15-22(25(30)28-20-9-2-1-3-10-20)26(31)29(24)16-17-13-18-7-4-5-8-19(18)14-17/h1-12,15,17H,13-14,16,27H2,(H,28,30). The van der Waals surface area contributed by atoms with Crippen LogP contribution in [0.1, 0.15) is 21.5 Å². The maximum absolute atomic E-state index is 13.4. The molecule has 0 radical (unpaired) electrons. The van der Waals surface area contributed by atoms with Gasteiger partial charge in [0.25, 0.3) is 11.5 Å². The molecule has 1 heterocycles. The first-order valence-electron chi connectivity index (χ1n) is 10.5. The normalized spacial score (nSPS) is 13.3. The Morgan fingerprint density at radius 1 is 0.935 bits per heavy atom. The summed E-state index contributed by atoms with van der Waals surface area (Å²) < 4.78 is 1.72. The lowest BCUT2D eigenvalue weighted by Gasteiger charge is -2.17. The lowest BCUT2D eigenvalue weighted by atomic mass is 10.0. The minimum atomic E-state index is -0.426. The third kappa shape index (κ3) is 3.59. The van der Waals surface area contributed by atoms with Gasteiger partial charge in [-0.2, -0.15) is 0 Å². The molecule has 0 aliphatic heterocycles. The number of anilines is 2. The number of nitrogen functional groups attached to an aromatic ring is 1. The average molecular weight is 409 g/mol. The number of benzene rings is 3. The van der Waals surface area contributed by atoms with E-state index in [1.54, 1.807) is 28.8 Å². The van der Waals surface area contributed by atoms with Crippen LogP contribution in [0.15, 0.2) is 83.7 Å².